The summed E-state index contributed by atoms with van der Waals surface area (Å²) in [7, 11) is 0. The summed E-state index contributed by atoms with van der Waals surface area (Å²) in [6.45, 7) is 6.03. The monoisotopic (exact) mass is 241 g/mol. The quantitative estimate of drug-likeness (QED) is 0.733. The van der Waals surface area contributed by atoms with Gasteiger partial charge in [0.25, 0.3) is 0 Å². The first kappa shape index (κ1) is 14.0. The molecule has 0 spiro atoms. The van der Waals surface area contributed by atoms with Gasteiger partial charge in [0.1, 0.15) is 0 Å². The zero-order chi connectivity index (χ0) is 13.3. The van der Waals surface area contributed by atoms with Gasteiger partial charge in [-0.15, -0.1) is 0 Å². The van der Waals surface area contributed by atoms with Crippen LogP contribution in [-0.4, -0.2) is 40.5 Å². The molecular formula is C12H21N2O3. The summed E-state index contributed by atoms with van der Waals surface area (Å²) >= 11 is 0. The molecule has 1 fully saturated rings. The fourth-order valence-corrected chi connectivity index (χ4v) is 1.68. The van der Waals surface area contributed by atoms with Gasteiger partial charge in [-0.2, -0.15) is 0 Å². The summed E-state index contributed by atoms with van der Waals surface area (Å²) in [4.78, 5) is 24.7. The van der Waals surface area contributed by atoms with E-state index in [0.717, 1.165) is 0 Å². The summed E-state index contributed by atoms with van der Waals surface area (Å²) in [6, 6.07) is 0. The summed E-state index contributed by atoms with van der Waals surface area (Å²) in [5.41, 5.74) is 3.59. The van der Waals surface area contributed by atoms with Crippen LogP contribution in [-0.2, 0) is 9.59 Å². The maximum absolute atomic E-state index is 11.9. The van der Waals surface area contributed by atoms with Crippen LogP contribution in [0.4, 0.5) is 0 Å². The number of primary amides is 1. The largest absolute Gasteiger partial charge is 0.390 e. The molecule has 1 aliphatic rings. The van der Waals surface area contributed by atoms with Crippen LogP contribution in [0.5, 0.6) is 0 Å². The molecule has 1 saturated heterocycles. The highest BCUT2D eigenvalue weighted by molar-refractivity contribution is 5.94. The molecule has 1 heterocycles. The first-order valence-corrected chi connectivity index (χ1v) is 5.81. The lowest BCUT2D eigenvalue weighted by Gasteiger charge is -2.36. The van der Waals surface area contributed by atoms with Gasteiger partial charge in [0.05, 0.1) is 17.4 Å². The van der Waals surface area contributed by atoms with Crippen molar-refractivity contribution < 1.29 is 14.7 Å². The van der Waals surface area contributed by atoms with E-state index < -0.39 is 16.9 Å². The lowest BCUT2D eigenvalue weighted by molar-refractivity contribution is -0.135. The number of nitrogens with zero attached hydrogens (tertiary/aromatic N) is 1. The Kier molecular flexibility index (Phi) is 3.81. The molecule has 5 nitrogen and oxygen atoms in total. The van der Waals surface area contributed by atoms with Crippen molar-refractivity contribution in [2.75, 3.05) is 13.1 Å². The molecule has 3 N–H and O–H groups in total. The van der Waals surface area contributed by atoms with E-state index in [4.69, 9.17) is 5.73 Å². The topological polar surface area (TPSA) is 83.6 Å². The molecule has 1 rings (SSSR count). The summed E-state index contributed by atoms with van der Waals surface area (Å²) in [5, 5.41) is 9.77. The highest BCUT2D eigenvalue weighted by atomic mass is 16.3. The Labute approximate surface area is 102 Å². The van der Waals surface area contributed by atoms with Crippen molar-refractivity contribution in [1.82, 2.24) is 4.90 Å². The molecule has 0 bridgehead atoms. The first-order valence-electron chi connectivity index (χ1n) is 5.81. The van der Waals surface area contributed by atoms with Crippen LogP contribution in [0.15, 0.2) is 0 Å². The van der Waals surface area contributed by atoms with Crippen LogP contribution in [0.1, 0.15) is 33.6 Å². The second kappa shape index (κ2) is 4.64. The van der Waals surface area contributed by atoms with Crippen molar-refractivity contribution >= 4 is 11.8 Å². The Balaban J connectivity index is 2.53. The maximum atomic E-state index is 11.9. The highest BCUT2D eigenvalue weighted by Crippen LogP contribution is 2.24. The summed E-state index contributed by atoms with van der Waals surface area (Å²) in [5.74, 6) is -0.709. The first-order chi connectivity index (χ1) is 7.64. The Bertz CT molecular complexity index is 314. The van der Waals surface area contributed by atoms with Gasteiger partial charge in [0, 0.05) is 13.1 Å². The van der Waals surface area contributed by atoms with Gasteiger partial charge in [-0.25, -0.2) is 0 Å². The Morgan fingerprint density at radius 3 is 2.24 bits per heavy atom. The minimum atomic E-state index is -0.933. The number of nitrogens with two attached hydrogens (primary N) is 1. The average Bonchev–Trinajstić information content (AvgIpc) is 2.16. The zero-order valence-corrected chi connectivity index (χ0v) is 10.7. The number of carbonyl (C=O) groups excluding carboxylic acids is 2. The molecule has 5 heteroatoms. The van der Waals surface area contributed by atoms with E-state index in [1.54, 1.807) is 25.7 Å². The second-order valence-electron chi connectivity index (χ2n) is 5.55. The molecule has 0 saturated carbocycles. The van der Waals surface area contributed by atoms with E-state index in [1.807, 2.05) is 0 Å². The fraction of sp³-hybridized carbons (Fsp3) is 0.750. The lowest BCUT2D eigenvalue weighted by Crippen LogP contribution is -2.47. The van der Waals surface area contributed by atoms with Crippen molar-refractivity contribution in [2.24, 2.45) is 11.1 Å². The molecule has 0 aromatic carbocycles. The molecule has 0 aromatic heterocycles. The van der Waals surface area contributed by atoms with Gasteiger partial charge >= 0.3 is 0 Å². The van der Waals surface area contributed by atoms with E-state index in [9.17, 15) is 14.7 Å². The van der Waals surface area contributed by atoms with E-state index in [-0.39, 0.29) is 5.91 Å². The second-order valence-corrected chi connectivity index (χ2v) is 5.55. The Morgan fingerprint density at radius 2 is 1.82 bits per heavy atom. The molecule has 1 radical (unpaired) electrons. The zero-order valence-electron chi connectivity index (χ0n) is 10.7. The molecule has 97 valence electrons. The van der Waals surface area contributed by atoms with Gasteiger partial charge in [-0.05, 0) is 19.8 Å². The van der Waals surface area contributed by atoms with Gasteiger partial charge in [-0.1, -0.05) is 13.8 Å². The van der Waals surface area contributed by atoms with Crippen LogP contribution >= 0.6 is 0 Å². The molecular weight excluding hydrogens is 220 g/mol. The number of likely N-dealkylation sites (tertiary alicyclic amines) is 1. The average molecular weight is 241 g/mol. The number of hydrogen-bond acceptors (Lipinski definition) is 3. The van der Waals surface area contributed by atoms with Crippen molar-refractivity contribution in [3.05, 3.63) is 6.42 Å². The molecule has 0 aromatic rings. The number of rotatable bonds is 3. The Hall–Kier alpha value is -1.10. The lowest BCUT2D eigenvalue weighted by atomic mass is 9.87. The van der Waals surface area contributed by atoms with Crippen molar-refractivity contribution in [2.45, 2.75) is 39.2 Å². The van der Waals surface area contributed by atoms with E-state index >= 15 is 0 Å². The smallest absolute Gasteiger partial charge is 0.227 e. The van der Waals surface area contributed by atoms with Crippen LogP contribution < -0.4 is 5.73 Å². The van der Waals surface area contributed by atoms with E-state index in [0.29, 0.717) is 25.9 Å². The minimum absolute atomic E-state index is 0.190. The summed E-state index contributed by atoms with van der Waals surface area (Å²) < 4.78 is 0. The normalized spacial score (nSPS) is 20.1. The van der Waals surface area contributed by atoms with Gasteiger partial charge in [0.15, 0.2) is 0 Å². The number of aliphatic hydroxyl groups is 1. The SMILES string of the molecule is CC1(O)CCN(C(=O)[CH]C(C)(C)C(N)=O)CC1. The molecule has 0 atom stereocenters. The predicted molar refractivity (Wildman–Crippen MR) is 63.7 cm³/mol. The van der Waals surface area contributed by atoms with E-state index in [2.05, 4.69) is 0 Å². The molecule has 2 amide bonds. The Morgan fingerprint density at radius 1 is 1.35 bits per heavy atom. The summed E-state index contributed by atoms with van der Waals surface area (Å²) in [6.07, 6.45) is 2.47. The predicted octanol–water partition coefficient (Wildman–Crippen LogP) is 0.0756. The number of piperidine rings is 1. The van der Waals surface area contributed by atoms with Gasteiger partial charge in [0.2, 0.25) is 11.8 Å². The van der Waals surface area contributed by atoms with Gasteiger partial charge < -0.3 is 15.7 Å². The van der Waals surface area contributed by atoms with Crippen LogP contribution in [0.25, 0.3) is 0 Å². The molecule has 17 heavy (non-hydrogen) atoms. The number of hydrogen-bond donors (Lipinski definition) is 2. The third kappa shape index (κ3) is 3.70. The van der Waals surface area contributed by atoms with Gasteiger partial charge in [-0.3, -0.25) is 9.59 Å². The van der Waals surface area contributed by atoms with Crippen molar-refractivity contribution in [1.29, 1.82) is 0 Å². The third-order valence-electron chi connectivity index (χ3n) is 3.27. The van der Waals surface area contributed by atoms with Crippen LogP contribution in [0, 0.1) is 11.8 Å². The standard InChI is InChI=1S/C12H21N2O3/c1-11(2,10(13)16)8-9(15)14-6-4-12(3,17)5-7-14/h8,17H,4-7H2,1-3H3,(H2,13,16). The van der Waals surface area contributed by atoms with Crippen LogP contribution in [0.3, 0.4) is 0 Å². The highest BCUT2D eigenvalue weighted by Gasteiger charge is 2.34. The molecule has 1 aliphatic heterocycles. The van der Waals surface area contributed by atoms with Crippen molar-refractivity contribution in [3.8, 4) is 0 Å². The fourth-order valence-electron chi connectivity index (χ4n) is 1.68. The van der Waals surface area contributed by atoms with Crippen molar-refractivity contribution in [3.63, 3.8) is 0 Å². The number of amides is 2. The van der Waals surface area contributed by atoms with E-state index in [1.165, 1.54) is 6.42 Å². The molecule has 0 unspecified atom stereocenters. The molecule has 0 aliphatic carbocycles. The number of carbonyl (C=O) groups is 2. The third-order valence-corrected chi connectivity index (χ3v) is 3.27. The van der Waals surface area contributed by atoms with Crippen LogP contribution in [0.2, 0.25) is 0 Å². The maximum Gasteiger partial charge on any atom is 0.227 e. The minimum Gasteiger partial charge on any atom is -0.390 e.